The van der Waals surface area contributed by atoms with Gasteiger partial charge in [-0.25, -0.2) is 0 Å². The van der Waals surface area contributed by atoms with Gasteiger partial charge in [-0.1, -0.05) is 6.92 Å². The third-order valence-electron chi connectivity index (χ3n) is 2.05. The second-order valence-corrected chi connectivity index (χ2v) is 3.31. The van der Waals surface area contributed by atoms with Crippen molar-refractivity contribution in [3.05, 3.63) is 24.2 Å². The fourth-order valence-corrected chi connectivity index (χ4v) is 1.18. The molecule has 0 spiro atoms. The Labute approximate surface area is 73.2 Å². The zero-order chi connectivity index (χ0) is 8.81. The molecule has 1 aromatic heterocycles. The lowest BCUT2D eigenvalue weighted by Gasteiger charge is -2.05. The highest BCUT2D eigenvalue weighted by Crippen LogP contribution is 2.09. The van der Waals surface area contributed by atoms with E-state index in [2.05, 4.69) is 6.92 Å². The van der Waals surface area contributed by atoms with E-state index >= 15 is 0 Å². The van der Waals surface area contributed by atoms with Crippen LogP contribution in [0.2, 0.25) is 0 Å². The summed E-state index contributed by atoms with van der Waals surface area (Å²) in [6, 6.07) is 1.99. The van der Waals surface area contributed by atoms with Crippen molar-refractivity contribution >= 4 is 0 Å². The molecule has 1 heterocycles. The zero-order valence-corrected chi connectivity index (χ0v) is 7.49. The number of hydrogen-bond donors (Lipinski definition) is 1. The van der Waals surface area contributed by atoms with Gasteiger partial charge in [-0.05, 0) is 36.8 Å². The highest BCUT2D eigenvalue weighted by atomic mass is 16.3. The van der Waals surface area contributed by atoms with E-state index in [1.54, 1.807) is 12.5 Å². The first kappa shape index (κ1) is 9.33. The average molecular weight is 168 g/mol. The van der Waals surface area contributed by atoms with Gasteiger partial charge < -0.3 is 9.52 Å². The first-order chi connectivity index (χ1) is 5.83. The first-order valence-electron chi connectivity index (χ1n) is 4.45. The number of rotatable bonds is 5. The Balaban J connectivity index is 2.11. The smallest absolute Gasteiger partial charge is 0.0934 e. The van der Waals surface area contributed by atoms with Gasteiger partial charge in [0.15, 0.2) is 0 Å². The molecule has 0 unspecified atom stereocenters. The van der Waals surface area contributed by atoms with Gasteiger partial charge in [-0.3, -0.25) is 0 Å². The molecule has 1 N–H and O–H groups in total. The molecule has 0 radical (unpaired) electrons. The predicted molar refractivity (Wildman–Crippen MR) is 47.9 cm³/mol. The predicted octanol–water partition coefficient (Wildman–Crippen LogP) is 2.23. The van der Waals surface area contributed by atoms with E-state index in [-0.39, 0.29) is 0 Å². The number of aliphatic hydroxyl groups excluding tert-OH is 1. The largest absolute Gasteiger partial charge is 0.472 e. The molecule has 0 saturated carbocycles. The van der Waals surface area contributed by atoms with Gasteiger partial charge in [0.2, 0.25) is 0 Å². The maximum Gasteiger partial charge on any atom is 0.0934 e. The van der Waals surface area contributed by atoms with Crippen LogP contribution in [0.25, 0.3) is 0 Å². The Kier molecular flexibility index (Phi) is 3.88. The summed E-state index contributed by atoms with van der Waals surface area (Å²) >= 11 is 0. The van der Waals surface area contributed by atoms with Gasteiger partial charge in [0, 0.05) is 6.61 Å². The van der Waals surface area contributed by atoms with Crippen LogP contribution >= 0.6 is 0 Å². The molecular weight excluding hydrogens is 152 g/mol. The van der Waals surface area contributed by atoms with Crippen molar-refractivity contribution in [2.75, 3.05) is 6.61 Å². The van der Waals surface area contributed by atoms with E-state index < -0.39 is 0 Å². The zero-order valence-electron chi connectivity index (χ0n) is 7.49. The van der Waals surface area contributed by atoms with Crippen LogP contribution in [-0.4, -0.2) is 11.7 Å². The Morgan fingerprint density at radius 1 is 1.58 bits per heavy atom. The van der Waals surface area contributed by atoms with E-state index in [4.69, 9.17) is 9.52 Å². The summed E-state index contributed by atoms with van der Waals surface area (Å²) < 4.78 is 4.95. The molecule has 2 nitrogen and oxygen atoms in total. The van der Waals surface area contributed by atoms with Crippen molar-refractivity contribution in [3.63, 3.8) is 0 Å². The second kappa shape index (κ2) is 4.99. The lowest BCUT2D eigenvalue weighted by atomic mass is 10.0. The highest BCUT2D eigenvalue weighted by Gasteiger charge is 2.00. The van der Waals surface area contributed by atoms with Crippen molar-refractivity contribution in [3.8, 4) is 0 Å². The SMILES string of the molecule is C[C@@H](CO)CCCc1ccoc1. The molecular formula is C10H16O2. The maximum absolute atomic E-state index is 8.77. The molecule has 0 amide bonds. The molecule has 1 rings (SSSR count). The minimum absolute atomic E-state index is 0.297. The molecule has 1 aromatic rings. The Hall–Kier alpha value is -0.760. The first-order valence-corrected chi connectivity index (χ1v) is 4.45. The molecule has 0 bridgehead atoms. The van der Waals surface area contributed by atoms with Crippen LogP contribution in [-0.2, 0) is 6.42 Å². The van der Waals surface area contributed by atoms with Crippen molar-refractivity contribution < 1.29 is 9.52 Å². The van der Waals surface area contributed by atoms with Crippen molar-refractivity contribution in [1.82, 2.24) is 0 Å². The number of aryl methyl sites for hydroxylation is 1. The fourth-order valence-electron chi connectivity index (χ4n) is 1.18. The monoisotopic (exact) mass is 168 g/mol. The third-order valence-corrected chi connectivity index (χ3v) is 2.05. The molecule has 1 atom stereocenters. The summed E-state index contributed by atoms with van der Waals surface area (Å²) in [4.78, 5) is 0. The fraction of sp³-hybridized carbons (Fsp3) is 0.600. The van der Waals surface area contributed by atoms with Crippen LogP contribution in [0.4, 0.5) is 0 Å². The summed E-state index contributed by atoms with van der Waals surface area (Å²) in [6.45, 7) is 2.36. The van der Waals surface area contributed by atoms with Crippen LogP contribution < -0.4 is 0 Å². The number of aliphatic hydroxyl groups is 1. The lowest BCUT2D eigenvalue weighted by molar-refractivity contribution is 0.228. The number of furan rings is 1. The van der Waals surface area contributed by atoms with Crippen LogP contribution in [0, 0.1) is 5.92 Å². The van der Waals surface area contributed by atoms with E-state index in [1.165, 1.54) is 5.56 Å². The van der Waals surface area contributed by atoms with Crippen LogP contribution in [0.1, 0.15) is 25.3 Å². The topological polar surface area (TPSA) is 33.4 Å². The van der Waals surface area contributed by atoms with Crippen LogP contribution in [0.3, 0.4) is 0 Å². The van der Waals surface area contributed by atoms with Crippen LogP contribution in [0.5, 0.6) is 0 Å². The Morgan fingerprint density at radius 3 is 3.00 bits per heavy atom. The second-order valence-electron chi connectivity index (χ2n) is 3.31. The Bertz CT molecular complexity index is 192. The molecule has 2 heteroatoms. The van der Waals surface area contributed by atoms with Gasteiger partial charge in [-0.2, -0.15) is 0 Å². The van der Waals surface area contributed by atoms with Gasteiger partial charge in [-0.15, -0.1) is 0 Å². The van der Waals surface area contributed by atoms with E-state index in [0.29, 0.717) is 12.5 Å². The maximum atomic E-state index is 8.77. The quantitative estimate of drug-likeness (QED) is 0.731. The molecule has 0 saturated heterocycles. The van der Waals surface area contributed by atoms with E-state index in [1.807, 2.05) is 6.07 Å². The summed E-state index contributed by atoms with van der Waals surface area (Å²) in [5.41, 5.74) is 1.25. The van der Waals surface area contributed by atoms with Crippen LogP contribution in [0.15, 0.2) is 23.0 Å². The lowest BCUT2D eigenvalue weighted by Crippen LogP contribution is -2.00. The standard InChI is InChI=1S/C10H16O2/c1-9(7-11)3-2-4-10-5-6-12-8-10/h5-6,8-9,11H,2-4,7H2,1H3/t9-/m1/s1. The van der Waals surface area contributed by atoms with Gasteiger partial charge in [0.1, 0.15) is 0 Å². The molecule has 0 aliphatic heterocycles. The number of hydrogen-bond acceptors (Lipinski definition) is 2. The summed E-state index contributed by atoms with van der Waals surface area (Å²) in [5.74, 6) is 0.428. The highest BCUT2D eigenvalue weighted by molar-refractivity contribution is 5.04. The molecule has 12 heavy (non-hydrogen) atoms. The molecule has 0 aliphatic carbocycles. The summed E-state index contributed by atoms with van der Waals surface area (Å²) in [5, 5.41) is 8.77. The third kappa shape index (κ3) is 3.09. The van der Waals surface area contributed by atoms with Crippen molar-refractivity contribution in [2.45, 2.75) is 26.2 Å². The van der Waals surface area contributed by atoms with Crippen molar-refractivity contribution in [1.29, 1.82) is 0 Å². The minimum atomic E-state index is 0.297. The molecule has 0 aromatic carbocycles. The Morgan fingerprint density at radius 2 is 2.42 bits per heavy atom. The van der Waals surface area contributed by atoms with Gasteiger partial charge in [0.05, 0.1) is 12.5 Å². The van der Waals surface area contributed by atoms with E-state index in [0.717, 1.165) is 19.3 Å². The average Bonchev–Trinajstić information content (AvgIpc) is 2.57. The van der Waals surface area contributed by atoms with Crippen molar-refractivity contribution in [2.24, 2.45) is 5.92 Å². The molecule has 68 valence electrons. The summed E-state index contributed by atoms with van der Waals surface area (Å²) in [6.07, 6.45) is 6.75. The van der Waals surface area contributed by atoms with Gasteiger partial charge >= 0.3 is 0 Å². The van der Waals surface area contributed by atoms with Gasteiger partial charge in [0.25, 0.3) is 0 Å². The van der Waals surface area contributed by atoms with E-state index in [9.17, 15) is 0 Å². The minimum Gasteiger partial charge on any atom is -0.472 e. The summed E-state index contributed by atoms with van der Waals surface area (Å²) in [7, 11) is 0. The normalized spacial score (nSPS) is 13.2. The molecule has 0 aliphatic rings. The molecule has 0 fully saturated rings.